The van der Waals surface area contributed by atoms with Crippen LogP contribution in [0.1, 0.15) is 30.7 Å². The van der Waals surface area contributed by atoms with Gasteiger partial charge in [-0.1, -0.05) is 36.8 Å². The molecule has 0 aliphatic carbocycles. The van der Waals surface area contributed by atoms with Crippen molar-refractivity contribution in [3.63, 3.8) is 0 Å². The molecule has 22 heavy (non-hydrogen) atoms. The fraction of sp³-hybridized carbons (Fsp3) is 0.333. The van der Waals surface area contributed by atoms with Gasteiger partial charge in [-0.3, -0.25) is 9.36 Å². The second kappa shape index (κ2) is 5.36. The van der Waals surface area contributed by atoms with Crippen LogP contribution in [0, 0.1) is 6.92 Å². The number of thiophene rings is 1. The van der Waals surface area contributed by atoms with Crippen LogP contribution in [0.3, 0.4) is 0 Å². The molecule has 0 unspecified atom stereocenters. The molecule has 1 aromatic carbocycles. The van der Waals surface area contributed by atoms with Gasteiger partial charge < -0.3 is 0 Å². The second-order valence-corrected chi connectivity index (χ2v) is 6.90. The lowest BCUT2D eigenvalue weighted by atomic mass is 10.1. The largest absolute Gasteiger partial charge is 0.296 e. The van der Waals surface area contributed by atoms with Crippen molar-refractivity contribution in [1.82, 2.24) is 9.55 Å². The molecular formula is C18H18N2OS. The molecule has 0 spiro atoms. The first-order chi connectivity index (χ1) is 10.8. The Hall–Kier alpha value is -1.94. The van der Waals surface area contributed by atoms with Gasteiger partial charge in [0.2, 0.25) is 0 Å². The van der Waals surface area contributed by atoms with E-state index >= 15 is 0 Å². The zero-order chi connectivity index (χ0) is 15.1. The van der Waals surface area contributed by atoms with Crippen molar-refractivity contribution < 1.29 is 0 Å². The topological polar surface area (TPSA) is 34.9 Å². The minimum atomic E-state index is 0.151. The Balaban J connectivity index is 2.00. The lowest BCUT2D eigenvalue weighted by molar-refractivity contribution is 0.614. The third-order valence-electron chi connectivity index (χ3n) is 4.45. The van der Waals surface area contributed by atoms with Crippen LogP contribution in [0.4, 0.5) is 0 Å². The quantitative estimate of drug-likeness (QED) is 0.676. The number of nitrogens with zero attached hydrogens (tertiary/aromatic N) is 2. The van der Waals surface area contributed by atoms with Gasteiger partial charge in [-0.15, -0.1) is 11.3 Å². The van der Waals surface area contributed by atoms with Gasteiger partial charge in [0, 0.05) is 17.8 Å². The SMILES string of the molecule is Cc1c(-c2ccccc2)sc2nc3n(c(=O)c12)CCCCC3. The van der Waals surface area contributed by atoms with Gasteiger partial charge in [-0.2, -0.15) is 0 Å². The van der Waals surface area contributed by atoms with Crippen LogP contribution in [-0.2, 0) is 13.0 Å². The maximum atomic E-state index is 12.9. The Morgan fingerprint density at radius 2 is 1.95 bits per heavy atom. The molecule has 1 aliphatic heterocycles. The number of hydrogen-bond acceptors (Lipinski definition) is 3. The summed E-state index contributed by atoms with van der Waals surface area (Å²) in [6.07, 6.45) is 4.32. The van der Waals surface area contributed by atoms with Crippen molar-refractivity contribution in [3.8, 4) is 10.4 Å². The Morgan fingerprint density at radius 1 is 1.14 bits per heavy atom. The van der Waals surface area contributed by atoms with Gasteiger partial charge in [0.1, 0.15) is 10.7 Å². The lowest BCUT2D eigenvalue weighted by Crippen LogP contribution is -2.24. The maximum absolute atomic E-state index is 12.9. The summed E-state index contributed by atoms with van der Waals surface area (Å²) in [7, 11) is 0. The molecule has 0 radical (unpaired) electrons. The Labute approximate surface area is 133 Å². The molecule has 0 fully saturated rings. The van der Waals surface area contributed by atoms with Gasteiger partial charge in [-0.25, -0.2) is 4.98 Å². The van der Waals surface area contributed by atoms with Crippen LogP contribution >= 0.6 is 11.3 Å². The zero-order valence-corrected chi connectivity index (χ0v) is 13.4. The number of fused-ring (bicyclic) bond motifs is 2. The van der Waals surface area contributed by atoms with Crippen molar-refractivity contribution in [1.29, 1.82) is 0 Å². The molecule has 0 N–H and O–H groups in total. The predicted octanol–water partition coefficient (Wildman–Crippen LogP) is 4.16. The van der Waals surface area contributed by atoms with Crippen molar-refractivity contribution in [2.75, 3.05) is 0 Å². The Bertz CT molecular complexity index is 893. The first-order valence-corrected chi connectivity index (χ1v) is 8.65. The average Bonchev–Trinajstić information content (AvgIpc) is 2.72. The molecule has 0 saturated carbocycles. The second-order valence-electron chi connectivity index (χ2n) is 5.90. The number of aromatic nitrogens is 2. The average molecular weight is 310 g/mol. The summed E-state index contributed by atoms with van der Waals surface area (Å²) in [5.41, 5.74) is 2.39. The van der Waals surface area contributed by atoms with E-state index in [0.717, 1.165) is 47.4 Å². The minimum absolute atomic E-state index is 0.151. The molecule has 3 nitrogen and oxygen atoms in total. The van der Waals surface area contributed by atoms with Crippen LogP contribution in [0.2, 0.25) is 0 Å². The van der Waals surface area contributed by atoms with Crippen LogP contribution in [0.5, 0.6) is 0 Å². The highest BCUT2D eigenvalue weighted by molar-refractivity contribution is 7.22. The predicted molar refractivity (Wildman–Crippen MR) is 91.6 cm³/mol. The number of benzene rings is 1. The number of hydrogen-bond donors (Lipinski definition) is 0. The highest BCUT2D eigenvalue weighted by atomic mass is 32.1. The molecule has 0 amide bonds. The van der Waals surface area contributed by atoms with Gasteiger partial charge in [0.15, 0.2) is 0 Å². The van der Waals surface area contributed by atoms with E-state index in [0.29, 0.717) is 0 Å². The Kier molecular flexibility index (Phi) is 3.34. The normalized spacial score (nSPS) is 14.8. The third-order valence-corrected chi connectivity index (χ3v) is 5.68. The van der Waals surface area contributed by atoms with Crippen molar-refractivity contribution in [3.05, 3.63) is 52.1 Å². The summed E-state index contributed by atoms with van der Waals surface area (Å²) >= 11 is 1.65. The lowest BCUT2D eigenvalue weighted by Gasteiger charge is -2.08. The summed E-state index contributed by atoms with van der Waals surface area (Å²) in [5, 5.41) is 0.814. The van der Waals surface area contributed by atoms with E-state index in [1.807, 2.05) is 29.7 Å². The van der Waals surface area contributed by atoms with Crippen LogP contribution in [-0.4, -0.2) is 9.55 Å². The van der Waals surface area contributed by atoms with Crippen molar-refractivity contribution >= 4 is 21.6 Å². The molecule has 4 rings (SSSR count). The van der Waals surface area contributed by atoms with E-state index in [1.54, 1.807) is 11.3 Å². The fourth-order valence-electron chi connectivity index (χ4n) is 3.27. The number of rotatable bonds is 1. The maximum Gasteiger partial charge on any atom is 0.262 e. The first kappa shape index (κ1) is 13.7. The number of aryl methyl sites for hydroxylation is 2. The third kappa shape index (κ3) is 2.10. The molecule has 4 heteroatoms. The van der Waals surface area contributed by atoms with Gasteiger partial charge in [0.25, 0.3) is 5.56 Å². The monoisotopic (exact) mass is 310 g/mol. The highest BCUT2D eigenvalue weighted by Crippen LogP contribution is 2.35. The molecule has 1 aliphatic rings. The Morgan fingerprint density at radius 3 is 2.77 bits per heavy atom. The van der Waals surface area contributed by atoms with Gasteiger partial charge in [0.05, 0.1) is 5.39 Å². The van der Waals surface area contributed by atoms with E-state index in [9.17, 15) is 4.79 Å². The zero-order valence-electron chi connectivity index (χ0n) is 12.6. The van der Waals surface area contributed by atoms with E-state index in [1.165, 1.54) is 16.9 Å². The van der Waals surface area contributed by atoms with E-state index in [-0.39, 0.29) is 5.56 Å². The van der Waals surface area contributed by atoms with Crippen LogP contribution in [0.25, 0.3) is 20.7 Å². The molecule has 112 valence electrons. The molecule has 0 bridgehead atoms. The van der Waals surface area contributed by atoms with Gasteiger partial charge >= 0.3 is 0 Å². The molecule has 0 atom stereocenters. The highest BCUT2D eigenvalue weighted by Gasteiger charge is 2.19. The molecular weight excluding hydrogens is 292 g/mol. The molecule has 0 saturated heterocycles. The molecule has 2 aromatic heterocycles. The summed E-state index contributed by atoms with van der Waals surface area (Å²) in [6, 6.07) is 10.3. The summed E-state index contributed by atoms with van der Waals surface area (Å²) in [4.78, 5) is 19.8. The van der Waals surface area contributed by atoms with E-state index < -0.39 is 0 Å². The summed E-state index contributed by atoms with van der Waals surface area (Å²) in [6.45, 7) is 2.86. The summed E-state index contributed by atoms with van der Waals surface area (Å²) in [5.74, 6) is 0.968. The van der Waals surface area contributed by atoms with E-state index in [2.05, 4.69) is 12.1 Å². The van der Waals surface area contributed by atoms with Crippen LogP contribution in [0.15, 0.2) is 35.1 Å². The van der Waals surface area contributed by atoms with E-state index in [4.69, 9.17) is 4.98 Å². The standard InChI is InChI=1S/C18H18N2OS/c1-12-15-17(22-16(12)13-8-4-2-5-9-13)19-14-10-6-3-7-11-20(14)18(15)21/h2,4-5,8-9H,3,6-7,10-11H2,1H3. The van der Waals surface area contributed by atoms with Crippen LogP contribution < -0.4 is 5.56 Å². The van der Waals surface area contributed by atoms with Crippen molar-refractivity contribution in [2.24, 2.45) is 0 Å². The van der Waals surface area contributed by atoms with Crippen molar-refractivity contribution in [2.45, 2.75) is 39.2 Å². The van der Waals surface area contributed by atoms with Gasteiger partial charge in [-0.05, 0) is 30.9 Å². The molecule has 3 aromatic rings. The summed E-state index contributed by atoms with van der Waals surface area (Å²) < 4.78 is 1.91. The smallest absolute Gasteiger partial charge is 0.262 e. The minimum Gasteiger partial charge on any atom is -0.296 e. The fourth-order valence-corrected chi connectivity index (χ4v) is 4.47. The first-order valence-electron chi connectivity index (χ1n) is 7.84. The molecule has 3 heterocycles.